The molecule has 0 aliphatic heterocycles. The van der Waals surface area contributed by atoms with Crippen LogP contribution in [0.25, 0.3) is 0 Å². The molecule has 0 spiro atoms. The molecule has 32 heavy (non-hydrogen) atoms. The number of anilines is 1. The third-order valence-electron chi connectivity index (χ3n) is 4.77. The van der Waals surface area contributed by atoms with Crippen LogP contribution in [0.1, 0.15) is 41.3 Å². The first-order valence-corrected chi connectivity index (χ1v) is 10.4. The lowest BCUT2D eigenvalue weighted by Crippen LogP contribution is -2.30. The van der Waals surface area contributed by atoms with Gasteiger partial charge in [-0.25, -0.2) is 4.79 Å². The van der Waals surface area contributed by atoms with E-state index in [0.717, 1.165) is 11.6 Å². The second kappa shape index (κ2) is 12.4. The lowest BCUT2D eigenvalue weighted by molar-refractivity contribution is -0.384. The molecule has 172 valence electrons. The average Bonchev–Trinajstić information content (AvgIpc) is 2.78. The summed E-state index contributed by atoms with van der Waals surface area (Å²) in [4.78, 5) is 35.0. The molecule has 0 saturated heterocycles. The Balaban J connectivity index is 1.88. The van der Waals surface area contributed by atoms with Gasteiger partial charge < -0.3 is 20.1 Å². The fraction of sp³-hybridized carbons (Fsp3) is 0.391. The topological polar surface area (TPSA) is 120 Å². The first-order valence-electron chi connectivity index (χ1n) is 10.4. The number of non-ortho nitro benzene ring substituents is 1. The molecule has 0 unspecified atom stereocenters. The minimum absolute atomic E-state index is 0.0201. The van der Waals surface area contributed by atoms with Crippen molar-refractivity contribution in [1.82, 2.24) is 5.32 Å². The molecule has 0 bridgehead atoms. The second-order valence-electron chi connectivity index (χ2n) is 7.48. The number of nitrogens with one attached hydrogen (secondary N) is 2. The van der Waals surface area contributed by atoms with Crippen molar-refractivity contribution in [2.75, 3.05) is 38.7 Å². The number of benzene rings is 2. The van der Waals surface area contributed by atoms with Crippen molar-refractivity contribution in [2.45, 2.75) is 26.2 Å². The summed E-state index contributed by atoms with van der Waals surface area (Å²) < 4.78 is 10.0. The van der Waals surface area contributed by atoms with Crippen LogP contribution in [0.5, 0.6) is 0 Å². The Morgan fingerprint density at radius 1 is 1.09 bits per heavy atom. The fourth-order valence-corrected chi connectivity index (χ4v) is 2.93. The molecule has 2 aromatic rings. The summed E-state index contributed by atoms with van der Waals surface area (Å²) >= 11 is 0. The standard InChI is InChI=1S/C23H29N3O6/c1-16(2)18-6-4-17(5-7-18)10-11-25-22(27)15-32-23(28)20-14-19(26(29)30)8-9-21(20)24-12-13-31-3/h4-9,14,16,24H,10-13,15H2,1-3H3,(H,25,27). The van der Waals surface area contributed by atoms with Crippen LogP contribution in [0.15, 0.2) is 42.5 Å². The summed E-state index contributed by atoms with van der Waals surface area (Å²) in [5.41, 5.74) is 2.44. The summed E-state index contributed by atoms with van der Waals surface area (Å²) in [6.45, 7) is 4.95. The molecule has 0 fully saturated rings. The minimum Gasteiger partial charge on any atom is -0.452 e. The first-order chi connectivity index (χ1) is 15.3. The largest absolute Gasteiger partial charge is 0.452 e. The number of hydrogen-bond donors (Lipinski definition) is 2. The van der Waals surface area contributed by atoms with Crippen molar-refractivity contribution in [1.29, 1.82) is 0 Å². The predicted octanol–water partition coefficient (Wildman–Crippen LogP) is 3.29. The summed E-state index contributed by atoms with van der Waals surface area (Å²) in [6.07, 6.45) is 0.649. The molecule has 1 amide bonds. The average molecular weight is 444 g/mol. The smallest absolute Gasteiger partial charge is 0.341 e. The van der Waals surface area contributed by atoms with Gasteiger partial charge in [0.1, 0.15) is 0 Å². The van der Waals surface area contributed by atoms with Crippen molar-refractivity contribution in [3.8, 4) is 0 Å². The van der Waals surface area contributed by atoms with Crippen molar-refractivity contribution < 1.29 is 24.0 Å². The van der Waals surface area contributed by atoms with Crippen LogP contribution in [0, 0.1) is 10.1 Å². The van der Waals surface area contributed by atoms with E-state index in [0.29, 0.717) is 37.7 Å². The van der Waals surface area contributed by atoms with Crippen LogP contribution < -0.4 is 10.6 Å². The van der Waals surface area contributed by atoms with E-state index in [1.165, 1.54) is 24.8 Å². The third-order valence-corrected chi connectivity index (χ3v) is 4.77. The Hall–Kier alpha value is -3.46. The molecule has 0 aliphatic rings. The van der Waals surface area contributed by atoms with Gasteiger partial charge in [0.15, 0.2) is 6.61 Å². The fourth-order valence-electron chi connectivity index (χ4n) is 2.93. The number of nitro benzene ring substituents is 1. The molecule has 0 aromatic heterocycles. The molecule has 2 N–H and O–H groups in total. The number of ether oxygens (including phenoxy) is 2. The maximum atomic E-state index is 12.5. The van der Waals surface area contributed by atoms with Crippen molar-refractivity contribution in [2.24, 2.45) is 0 Å². The van der Waals surface area contributed by atoms with Crippen molar-refractivity contribution in [3.63, 3.8) is 0 Å². The van der Waals surface area contributed by atoms with Gasteiger partial charge in [-0.1, -0.05) is 38.1 Å². The molecular weight excluding hydrogens is 414 g/mol. The Labute approximate surface area is 187 Å². The van der Waals surface area contributed by atoms with E-state index in [9.17, 15) is 19.7 Å². The van der Waals surface area contributed by atoms with Crippen molar-refractivity contribution in [3.05, 3.63) is 69.3 Å². The highest BCUT2D eigenvalue weighted by Crippen LogP contribution is 2.23. The van der Waals surface area contributed by atoms with E-state index >= 15 is 0 Å². The van der Waals surface area contributed by atoms with Gasteiger partial charge in [-0.2, -0.15) is 0 Å². The number of esters is 1. The third kappa shape index (κ3) is 7.66. The lowest BCUT2D eigenvalue weighted by Gasteiger charge is -2.12. The monoisotopic (exact) mass is 443 g/mol. The Kier molecular flexibility index (Phi) is 9.62. The van der Waals surface area contributed by atoms with E-state index in [1.54, 1.807) is 0 Å². The molecule has 9 nitrogen and oxygen atoms in total. The number of rotatable bonds is 12. The lowest BCUT2D eigenvalue weighted by atomic mass is 10.0. The number of nitrogens with zero attached hydrogens (tertiary/aromatic N) is 1. The zero-order chi connectivity index (χ0) is 23.5. The molecule has 2 rings (SSSR count). The second-order valence-corrected chi connectivity index (χ2v) is 7.48. The summed E-state index contributed by atoms with van der Waals surface area (Å²) in [7, 11) is 1.53. The van der Waals surface area contributed by atoms with Crippen LogP contribution in [0.3, 0.4) is 0 Å². The highest BCUT2D eigenvalue weighted by Gasteiger charge is 2.19. The van der Waals surface area contributed by atoms with Gasteiger partial charge in [0, 0.05) is 38.0 Å². The number of carbonyl (C=O) groups excluding carboxylic acids is 2. The van der Waals surface area contributed by atoms with Crippen LogP contribution in [0.2, 0.25) is 0 Å². The zero-order valence-electron chi connectivity index (χ0n) is 18.6. The maximum absolute atomic E-state index is 12.5. The molecule has 0 saturated carbocycles. The summed E-state index contributed by atoms with van der Waals surface area (Å²) in [5, 5.41) is 16.7. The van der Waals surface area contributed by atoms with E-state index in [4.69, 9.17) is 9.47 Å². The molecule has 2 aromatic carbocycles. The number of methoxy groups -OCH3 is 1. The van der Waals surface area contributed by atoms with Crippen molar-refractivity contribution >= 4 is 23.3 Å². The highest BCUT2D eigenvalue weighted by atomic mass is 16.6. The number of carbonyl (C=O) groups is 2. The van der Waals surface area contributed by atoms with Crippen LogP contribution in [0.4, 0.5) is 11.4 Å². The van der Waals surface area contributed by atoms with E-state index < -0.39 is 23.4 Å². The van der Waals surface area contributed by atoms with Gasteiger partial charge in [-0.3, -0.25) is 14.9 Å². The Bertz CT molecular complexity index is 928. The molecule has 9 heteroatoms. The van der Waals surface area contributed by atoms with Gasteiger partial charge >= 0.3 is 5.97 Å². The summed E-state index contributed by atoms with van der Waals surface area (Å²) in [5.74, 6) is -0.815. The van der Waals surface area contributed by atoms with Gasteiger partial charge in [-0.05, 0) is 29.5 Å². The SMILES string of the molecule is COCCNc1ccc([N+](=O)[O-])cc1C(=O)OCC(=O)NCCc1ccc(C(C)C)cc1. The van der Waals surface area contributed by atoms with Gasteiger partial charge in [0.05, 0.1) is 17.1 Å². The number of nitro groups is 1. The summed E-state index contributed by atoms with van der Waals surface area (Å²) in [6, 6.07) is 12.0. The Morgan fingerprint density at radius 2 is 1.81 bits per heavy atom. The Morgan fingerprint density at radius 3 is 2.44 bits per heavy atom. The van der Waals surface area contributed by atoms with E-state index in [-0.39, 0.29) is 11.3 Å². The predicted molar refractivity (Wildman–Crippen MR) is 121 cm³/mol. The molecule has 0 heterocycles. The quantitative estimate of drug-likeness (QED) is 0.223. The maximum Gasteiger partial charge on any atom is 0.341 e. The van der Waals surface area contributed by atoms with Gasteiger partial charge in [0.2, 0.25) is 0 Å². The normalized spacial score (nSPS) is 10.6. The van der Waals surface area contributed by atoms with Crippen LogP contribution in [-0.4, -0.2) is 50.2 Å². The zero-order valence-corrected chi connectivity index (χ0v) is 18.6. The first kappa shape index (κ1) is 24.8. The number of amides is 1. The number of hydrogen-bond acceptors (Lipinski definition) is 7. The van der Waals surface area contributed by atoms with Gasteiger partial charge in [-0.15, -0.1) is 0 Å². The minimum atomic E-state index is -0.826. The highest BCUT2D eigenvalue weighted by molar-refractivity contribution is 5.97. The van der Waals surface area contributed by atoms with Crippen LogP contribution in [-0.2, 0) is 20.7 Å². The van der Waals surface area contributed by atoms with E-state index in [2.05, 4.69) is 36.6 Å². The molecule has 0 radical (unpaired) electrons. The van der Waals surface area contributed by atoms with Gasteiger partial charge in [0.25, 0.3) is 11.6 Å². The molecule has 0 atom stereocenters. The molecule has 0 aliphatic carbocycles. The van der Waals surface area contributed by atoms with Crippen LogP contribution >= 0.6 is 0 Å². The van der Waals surface area contributed by atoms with E-state index in [1.807, 2.05) is 12.1 Å². The molecular formula is C23H29N3O6.